The number of nitrogens with zero attached hydrogens (tertiary/aromatic N) is 3. The van der Waals surface area contributed by atoms with Gasteiger partial charge in [-0.2, -0.15) is 0 Å². The monoisotopic (exact) mass is 342 g/mol. The third-order valence-corrected chi connectivity index (χ3v) is 4.87. The Bertz CT molecular complexity index is 779. The van der Waals surface area contributed by atoms with Gasteiger partial charge in [0.05, 0.1) is 22.8 Å². The second-order valence-electron chi connectivity index (χ2n) is 7.17. The van der Waals surface area contributed by atoms with E-state index < -0.39 is 16.9 Å². The predicted molar refractivity (Wildman–Crippen MR) is 91.1 cm³/mol. The summed E-state index contributed by atoms with van der Waals surface area (Å²) in [4.78, 5) is 23.8. The minimum atomic E-state index is -0.901. The molecular formula is C18H22N4O3. The smallest absolute Gasteiger partial charge is 0.310 e. The van der Waals surface area contributed by atoms with Gasteiger partial charge in [0.15, 0.2) is 0 Å². The van der Waals surface area contributed by atoms with E-state index >= 15 is 0 Å². The maximum Gasteiger partial charge on any atom is 0.310 e. The highest BCUT2D eigenvalue weighted by Gasteiger charge is 2.46. The lowest BCUT2D eigenvalue weighted by atomic mass is 9.66. The van der Waals surface area contributed by atoms with Gasteiger partial charge in [0.1, 0.15) is 5.69 Å². The summed E-state index contributed by atoms with van der Waals surface area (Å²) < 4.78 is 1.65. The molecule has 7 nitrogen and oxygen atoms in total. The third-order valence-electron chi connectivity index (χ3n) is 4.87. The Morgan fingerprint density at radius 1 is 1.28 bits per heavy atom. The molecular weight excluding hydrogens is 320 g/mol. The van der Waals surface area contributed by atoms with Crippen LogP contribution in [0, 0.1) is 5.41 Å². The van der Waals surface area contributed by atoms with E-state index in [9.17, 15) is 14.7 Å². The fourth-order valence-electron chi connectivity index (χ4n) is 3.09. The molecule has 0 aliphatic heterocycles. The number of rotatable bonds is 6. The number of hydrogen-bond donors (Lipinski definition) is 2. The van der Waals surface area contributed by atoms with Crippen LogP contribution in [0.1, 0.15) is 45.2 Å². The van der Waals surface area contributed by atoms with Gasteiger partial charge >= 0.3 is 5.97 Å². The van der Waals surface area contributed by atoms with Gasteiger partial charge < -0.3 is 10.4 Å². The van der Waals surface area contributed by atoms with Crippen LogP contribution in [0.2, 0.25) is 0 Å². The van der Waals surface area contributed by atoms with Crippen molar-refractivity contribution in [3.05, 3.63) is 42.2 Å². The van der Waals surface area contributed by atoms with Crippen molar-refractivity contribution in [3.8, 4) is 5.69 Å². The van der Waals surface area contributed by atoms with E-state index in [-0.39, 0.29) is 12.3 Å². The minimum absolute atomic E-state index is 0.00140. The van der Waals surface area contributed by atoms with E-state index in [4.69, 9.17) is 0 Å². The number of aliphatic carboxylic acids is 1. The Labute approximate surface area is 146 Å². The second-order valence-corrected chi connectivity index (χ2v) is 7.17. The number of carbonyl (C=O) groups excluding carboxylic acids is 1. The molecule has 7 heteroatoms. The maximum atomic E-state index is 12.4. The molecule has 1 aliphatic carbocycles. The highest BCUT2D eigenvalue weighted by atomic mass is 16.4. The molecule has 0 unspecified atom stereocenters. The summed E-state index contributed by atoms with van der Waals surface area (Å²) in [6, 6.07) is 9.57. The third kappa shape index (κ3) is 3.40. The quantitative estimate of drug-likeness (QED) is 0.839. The lowest BCUT2D eigenvalue weighted by molar-refractivity contribution is -0.157. The standard InChI is InChI=1S/C18H22N4O3/c1-17(2,19-15(23)11-18(16(24)25)9-6-10-18)14-12-22(21-20-14)13-7-4-3-5-8-13/h3-5,7-8,12H,6,9-11H2,1-2H3,(H,19,23)(H,24,25). The molecule has 0 radical (unpaired) electrons. The summed E-state index contributed by atoms with van der Waals surface area (Å²) >= 11 is 0. The van der Waals surface area contributed by atoms with Gasteiger partial charge in [-0.3, -0.25) is 9.59 Å². The van der Waals surface area contributed by atoms with Gasteiger partial charge in [0.25, 0.3) is 0 Å². The van der Waals surface area contributed by atoms with Crippen molar-refractivity contribution in [3.63, 3.8) is 0 Å². The van der Waals surface area contributed by atoms with Crippen LogP contribution in [0.25, 0.3) is 5.69 Å². The van der Waals surface area contributed by atoms with Crippen LogP contribution in [-0.2, 0) is 15.1 Å². The molecule has 0 bridgehead atoms. The van der Waals surface area contributed by atoms with Crippen LogP contribution in [0.4, 0.5) is 0 Å². The number of para-hydroxylation sites is 1. The van der Waals surface area contributed by atoms with Crippen molar-refractivity contribution in [1.82, 2.24) is 20.3 Å². The van der Waals surface area contributed by atoms with Crippen molar-refractivity contribution in [2.75, 3.05) is 0 Å². The molecule has 25 heavy (non-hydrogen) atoms. The van der Waals surface area contributed by atoms with E-state index in [1.807, 2.05) is 44.2 Å². The number of aromatic nitrogens is 3. The molecule has 1 aliphatic rings. The first-order chi connectivity index (χ1) is 11.8. The van der Waals surface area contributed by atoms with E-state index in [0.717, 1.165) is 12.1 Å². The van der Waals surface area contributed by atoms with Crippen LogP contribution in [0.5, 0.6) is 0 Å². The molecule has 132 valence electrons. The molecule has 1 fully saturated rings. The molecule has 1 amide bonds. The van der Waals surface area contributed by atoms with Crippen LogP contribution in [0.3, 0.4) is 0 Å². The summed E-state index contributed by atoms with van der Waals surface area (Å²) in [6.07, 6.45) is 3.74. The normalized spacial score (nSPS) is 16.1. The number of nitrogens with one attached hydrogen (secondary N) is 1. The van der Waals surface area contributed by atoms with Crippen molar-refractivity contribution in [1.29, 1.82) is 0 Å². The van der Waals surface area contributed by atoms with Crippen molar-refractivity contribution >= 4 is 11.9 Å². The fraction of sp³-hybridized carbons (Fsp3) is 0.444. The Balaban J connectivity index is 1.70. The van der Waals surface area contributed by atoms with Crippen molar-refractivity contribution in [2.45, 2.75) is 45.1 Å². The minimum Gasteiger partial charge on any atom is -0.481 e. The van der Waals surface area contributed by atoms with Crippen molar-refractivity contribution < 1.29 is 14.7 Å². The van der Waals surface area contributed by atoms with E-state index in [1.165, 1.54) is 0 Å². The van der Waals surface area contributed by atoms with E-state index in [0.29, 0.717) is 18.5 Å². The highest BCUT2D eigenvalue weighted by molar-refractivity contribution is 5.86. The van der Waals surface area contributed by atoms with Crippen LogP contribution in [-0.4, -0.2) is 32.0 Å². The zero-order valence-corrected chi connectivity index (χ0v) is 14.4. The topological polar surface area (TPSA) is 97.1 Å². The van der Waals surface area contributed by atoms with Gasteiger partial charge in [0.2, 0.25) is 5.91 Å². The summed E-state index contributed by atoms with van der Waals surface area (Å²) in [5.41, 5.74) is -0.152. The molecule has 2 N–H and O–H groups in total. The molecule has 3 rings (SSSR count). The average molecular weight is 342 g/mol. The molecule has 0 atom stereocenters. The average Bonchev–Trinajstić information content (AvgIpc) is 3.02. The van der Waals surface area contributed by atoms with Crippen LogP contribution in [0.15, 0.2) is 36.5 Å². The molecule has 1 aromatic heterocycles. The SMILES string of the molecule is CC(C)(NC(=O)CC1(C(=O)O)CCC1)c1cn(-c2ccccc2)nn1. The van der Waals surface area contributed by atoms with Crippen molar-refractivity contribution in [2.24, 2.45) is 5.41 Å². The van der Waals surface area contributed by atoms with Gasteiger partial charge in [-0.1, -0.05) is 29.8 Å². The number of benzene rings is 1. The molecule has 0 spiro atoms. The summed E-state index contributed by atoms with van der Waals surface area (Å²) in [5.74, 6) is -1.16. The lowest BCUT2D eigenvalue weighted by Crippen LogP contribution is -2.47. The first-order valence-electron chi connectivity index (χ1n) is 8.35. The van der Waals surface area contributed by atoms with Gasteiger partial charge in [-0.25, -0.2) is 4.68 Å². The molecule has 2 aromatic rings. The zero-order valence-electron chi connectivity index (χ0n) is 14.4. The fourth-order valence-corrected chi connectivity index (χ4v) is 3.09. The zero-order chi connectivity index (χ0) is 18.1. The van der Waals surface area contributed by atoms with E-state index in [2.05, 4.69) is 15.6 Å². The number of carboxylic acids is 1. The lowest BCUT2D eigenvalue weighted by Gasteiger charge is -2.37. The molecule has 1 aromatic carbocycles. The molecule has 1 heterocycles. The van der Waals surface area contributed by atoms with Gasteiger partial charge in [-0.05, 0) is 38.8 Å². The Morgan fingerprint density at radius 3 is 2.52 bits per heavy atom. The number of carbonyl (C=O) groups is 2. The summed E-state index contributed by atoms with van der Waals surface area (Å²) in [5, 5.41) is 20.5. The Kier molecular flexibility index (Phi) is 4.32. The Morgan fingerprint density at radius 2 is 1.96 bits per heavy atom. The summed E-state index contributed by atoms with van der Waals surface area (Å²) in [6.45, 7) is 3.66. The predicted octanol–water partition coefficient (Wildman–Crippen LogP) is 2.26. The van der Waals surface area contributed by atoms with Gasteiger partial charge in [-0.15, -0.1) is 5.10 Å². The Hall–Kier alpha value is -2.70. The van der Waals surface area contributed by atoms with Crippen LogP contribution >= 0.6 is 0 Å². The second kappa shape index (κ2) is 6.31. The highest BCUT2D eigenvalue weighted by Crippen LogP contribution is 2.44. The van der Waals surface area contributed by atoms with E-state index in [1.54, 1.807) is 10.9 Å². The number of carboxylic acid groups (broad SMARTS) is 1. The number of amides is 1. The van der Waals surface area contributed by atoms with Gasteiger partial charge in [0, 0.05) is 6.42 Å². The summed E-state index contributed by atoms with van der Waals surface area (Å²) in [7, 11) is 0. The number of hydrogen-bond acceptors (Lipinski definition) is 4. The largest absolute Gasteiger partial charge is 0.481 e. The molecule has 1 saturated carbocycles. The molecule has 0 saturated heterocycles. The first kappa shape index (κ1) is 17.1. The maximum absolute atomic E-state index is 12.4. The first-order valence-corrected chi connectivity index (χ1v) is 8.35. The van der Waals surface area contributed by atoms with Crippen LogP contribution < -0.4 is 5.32 Å².